The molecule has 0 radical (unpaired) electrons. The van der Waals surface area contributed by atoms with Gasteiger partial charge in [-0.3, -0.25) is 4.99 Å². The van der Waals surface area contributed by atoms with Crippen LogP contribution in [0.15, 0.2) is 4.99 Å². The Morgan fingerprint density at radius 3 is 1.93 bits per heavy atom. The first-order chi connectivity index (χ1) is 6.95. The molecule has 80 valence electrons. The lowest BCUT2D eigenvalue weighted by Crippen LogP contribution is -2.03. The van der Waals surface area contributed by atoms with Crippen LogP contribution in [-0.2, 0) is 0 Å². The molecule has 2 rings (SSSR count). The van der Waals surface area contributed by atoms with Gasteiger partial charge in [-0.1, -0.05) is 6.92 Å². The highest BCUT2D eigenvalue weighted by atomic mass is 14.8. The maximum atomic E-state index is 4.71. The summed E-state index contributed by atoms with van der Waals surface area (Å²) in [5.74, 6) is 0.498. The van der Waals surface area contributed by atoms with Gasteiger partial charge in [-0.2, -0.15) is 0 Å². The van der Waals surface area contributed by atoms with Gasteiger partial charge < -0.3 is 0 Å². The predicted octanol–water partition coefficient (Wildman–Crippen LogP) is 4.13. The lowest BCUT2D eigenvalue weighted by Gasteiger charge is -2.16. The molecule has 0 saturated heterocycles. The van der Waals surface area contributed by atoms with Crippen LogP contribution in [0.1, 0.15) is 47.6 Å². The van der Waals surface area contributed by atoms with Gasteiger partial charge in [0, 0.05) is 11.6 Å². The summed E-state index contributed by atoms with van der Waals surface area (Å²) in [5, 5.41) is 0. The van der Waals surface area contributed by atoms with Gasteiger partial charge in [0.15, 0.2) is 0 Å². The summed E-state index contributed by atoms with van der Waals surface area (Å²) in [6, 6.07) is 0. The molecule has 0 aliphatic carbocycles. The van der Waals surface area contributed by atoms with Crippen LogP contribution < -0.4 is 0 Å². The van der Waals surface area contributed by atoms with E-state index in [1.54, 1.807) is 0 Å². The number of benzene rings is 1. The SMILES string of the molecule is CC1=Nc2c(C)c(C)c(C)c(C)c2C1C. The smallest absolute Gasteiger partial charge is 0.0702 e. The first kappa shape index (κ1) is 10.4. The average molecular weight is 201 g/mol. The quantitative estimate of drug-likeness (QED) is 0.598. The molecule has 0 aromatic heterocycles. The van der Waals surface area contributed by atoms with E-state index in [0.717, 1.165) is 0 Å². The van der Waals surface area contributed by atoms with Crippen LogP contribution in [-0.4, -0.2) is 5.71 Å². The third-order valence-electron chi connectivity index (χ3n) is 4.05. The molecule has 0 bridgehead atoms. The zero-order valence-corrected chi connectivity index (χ0v) is 10.5. The monoisotopic (exact) mass is 201 g/mol. The van der Waals surface area contributed by atoms with Gasteiger partial charge in [0.2, 0.25) is 0 Å². The highest BCUT2D eigenvalue weighted by molar-refractivity contribution is 5.97. The zero-order valence-electron chi connectivity index (χ0n) is 10.5. The van der Waals surface area contributed by atoms with Crippen molar-refractivity contribution in [1.82, 2.24) is 0 Å². The van der Waals surface area contributed by atoms with Crippen LogP contribution in [0.4, 0.5) is 5.69 Å². The summed E-state index contributed by atoms with van der Waals surface area (Å²) < 4.78 is 0. The third-order valence-corrected chi connectivity index (χ3v) is 4.05. The van der Waals surface area contributed by atoms with Crippen molar-refractivity contribution in [1.29, 1.82) is 0 Å². The predicted molar refractivity (Wildman–Crippen MR) is 66.6 cm³/mol. The molecular weight excluding hydrogens is 182 g/mol. The molecular formula is C14H19N. The summed E-state index contributed by atoms with van der Waals surface area (Å²) >= 11 is 0. The molecule has 1 aromatic rings. The van der Waals surface area contributed by atoms with Gasteiger partial charge in [-0.05, 0) is 62.4 Å². The Morgan fingerprint density at radius 2 is 1.33 bits per heavy atom. The lowest BCUT2D eigenvalue weighted by molar-refractivity contribution is 1.01. The molecule has 0 spiro atoms. The van der Waals surface area contributed by atoms with Crippen LogP contribution in [0.25, 0.3) is 0 Å². The average Bonchev–Trinajstić information content (AvgIpc) is 2.50. The fraction of sp³-hybridized carbons (Fsp3) is 0.500. The number of nitrogens with zero attached hydrogens (tertiary/aromatic N) is 1. The van der Waals surface area contributed by atoms with Crippen molar-refractivity contribution in [2.45, 2.75) is 47.5 Å². The van der Waals surface area contributed by atoms with E-state index in [2.05, 4.69) is 41.5 Å². The van der Waals surface area contributed by atoms with Gasteiger partial charge in [0.05, 0.1) is 5.69 Å². The second-order valence-electron chi connectivity index (χ2n) is 4.74. The van der Waals surface area contributed by atoms with E-state index < -0.39 is 0 Å². The molecule has 1 unspecified atom stereocenters. The van der Waals surface area contributed by atoms with Crippen molar-refractivity contribution >= 4 is 11.4 Å². The highest BCUT2D eigenvalue weighted by Gasteiger charge is 2.25. The summed E-state index contributed by atoms with van der Waals surface area (Å²) in [6.07, 6.45) is 0. The Morgan fingerprint density at radius 1 is 0.800 bits per heavy atom. The van der Waals surface area contributed by atoms with E-state index in [-0.39, 0.29) is 0 Å². The van der Waals surface area contributed by atoms with E-state index in [4.69, 9.17) is 4.99 Å². The molecule has 15 heavy (non-hydrogen) atoms. The Hall–Kier alpha value is -1.11. The molecule has 1 nitrogen and oxygen atoms in total. The molecule has 1 aliphatic heterocycles. The minimum absolute atomic E-state index is 0.498. The van der Waals surface area contributed by atoms with E-state index in [1.165, 1.54) is 39.2 Å². The molecule has 1 heterocycles. The van der Waals surface area contributed by atoms with Crippen molar-refractivity contribution in [2.75, 3.05) is 0 Å². The van der Waals surface area contributed by atoms with Gasteiger partial charge >= 0.3 is 0 Å². The Labute approximate surface area is 92.2 Å². The van der Waals surface area contributed by atoms with Crippen LogP contribution in [0, 0.1) is 27.7 Å². The molecule has 0 saturated carbocycles. The van der Waals surface area contributed by atoms with E-state index >= 15 is 0 Å². The fourth-order valence-electron chi connectivity index (χ4n) is 2.48. The number of hydrogen-bond acceptors (Lipinski definition) is 1. The van der Waals surface area contributed by atoms with Crippen LogP contribution >= 0.6 is 0 Å². The minimum atomic E-state index is 0.498. The second-order valence-corrected chi connectivity index (χ2v) is 4.74. The minimum Gasteiger partial charge on any atom is -0.257 e. The van der Waals surface area contributed by atoms with Crippen LogP contribution in [0.2, 0.25) is 0 Å². The Bertz CT molecular complexity index is 467. The second kappa shape index (κ2) is 3.19. The Balaban J connectivity index is 2.82. The van der Waals surface area contributed by atoms with Crippen LogP contribution in [0.3, 0.4) is 0 Å². The molecule has 0 N–H and O–H groups in total. The molecule has 0 fully saturated rings. The normalized spacial score (nSPS) is 19.1. The van der Waals surface area contributed by atoms with Crippen molar-refractivity contribution in [3.05, 3.63) is 27.8 Å². The molecule has 1 atom stereocenters. The van der Waals surface area contributed by atoms with Crippen molar-refractivity contribution in [3.63, 3.8) is 0 Å². The van der Waals surface area contributed by atoms with Gasteiger partial charge in [-0.15, -0.1) is 0 Å². The standard InChI is InChI=1S/C14H19N/c1-7-8(2)10(4)14-13(9(7)3)11(5)12(6)15-14/h11H,1-6H3. The fourth-order valence-corrected chi connectivity index (χ4v) is 2.48. The Kier molecular flexibility index (Phi) is 2.22. The number of fused-ring (bicyclic) bond motifs is 1. The van der Waals surface area contributed by atoms with Crippen molar-refractivity contribution in [3.8, 4) is 0 Å². The maximum Gasteiger partial charge on any atom is 0.0702 e. The maximum absolute atomic E-state index is 4.71. The molecule has 1 aromatic carbocycles. The topological polar surface area (TPSA) is 12.4 Å². The molecule has 0 amide bonds. The summed E-state index contributed by atoms with van der Waals surface area (Å²) in [6.45, 7) is 13.2. The number of rotatable bonds is 0. The molecule has 1 aliphatic rings. The zero-order chi connectivity index (χ0) is 11.3. The van der Waals surface area contributed by atoms with Crippen molar-refractivity contribution < 1.29 is 0 Å². The molecule has 1 heteroatoms. The lowest BCUT2D eigenvalue weighted by atomic mass is 9.87. The van der Waals surface area contributed by atoms with E-state index in [9.17, 15) is 0 Å². The number of aliphatic imine (C=N–C) groups is 1. The highest BCUT2D eigenvalue weighted by Crippen LogP contribution is 2.42. The van der Waals surface area contributed by atoms with E-state index in [0.29, 0.717) is 5.92 Å². The number of hydrogen-bond donors (Lipinski definition) is 0. The van der Waals surface area contributed by atoms with Gasteiger partial charge in [0.25, 0.3) is 0 Å². The van der Waals surface area contributed by atoms with E-state index in [1.807, 2.05) is 0 Å². The van der Waals surface area contributed by atoms with Gasteiger partial charge in [-0.25, -0.2) is 0 Å². The first-order valence-corrected chi connectivity index (χ1v) is 5.60. The summed E-state index contributed by atoms with van der Waals surface area (Å²) in [4.78, 5) is 4.71. The van der Waals surface area contributed by atoms with Crippen molar-refractivity contribution in [2.24, 2.45) is 4.99 Å². The summed E-state index contributed by atoms with van der Waals surface area (Å²) in [5.41, 5.74) is 9.56. The first-order valence-electron chi connectivity index (χ1n) is 5.60. The third kappa shape index (κ3) is 1.26. The largest absolute Gasteiger partial charge is 0.257 e. The summed E-state index contributed by atoms with van der Waals surface area (Å²) in [7, 11) is 0. The van der Waals surface area contributed by atoms with Gasteiger partial charge in [0.1, 0.15) is 0 Å². The van der Waals surface area contributed by atoms with Crippen LogP contribution in [0.5, 0.6) is 0 Å².